The summed E-state index contributed by atoms with van der Waals surface area (Å²) in [7, 11) is -0.597. The summed E-state index contributed by atoms with van der Waals surface area (Å²) in [6.07, 6.45) is 1.18. The van der Waals surface area contributed by atoms with E-state index in [9.17, 15) is 18.0 Å². The van der Waals surface area contributed by atoms with E-state index >= 15 is 0 Å². The Morgan fingerprint density at radius 3 is 2.24 bits per heavy atom. The van der Waals surface area contributed by atoms with Crippen LogP contribution in [0.15, 0.2) is 65.6 Å². The molecule has 0 spiro atoms. The highest BCUT2D eigenvalue weighted by Gasteiger charge is 2.32. The lowest BCUT2D eigenvalue weighted by Crippen LogP contribution is -2.53. The number of hydrogen-bond donors (Lipinski definition) is 2. The maximum atomic E-state index is 13.4. The van der Waals surface area contributed by atoms with E-state index in [0.717, 1.165) is 10.9 Å². The first kappa shape index (κ1) is 27.4. The number of carbonyl (C=O) groups is 2. The Kier molecular flexibility index (Phi) is 8.53. The number of amides is 2. The Morgan fingerprint density at radius 2 is 1.61 bits per heavy atom. The lowest BCUT2D eigenvalue weighted by Gasteiger charge is -2.32. The Bertz CT molecular complexity index is 1390. The summed E-state index contributed by atoms with van der Waals surface area (Å²) in [6.45, 7) is 1.94. The van der Waals surface area contributed by atoms with Gasteiger partial charge in [-0.2, -0.15) is 4.31 Å². The second kappa shape index (κ2) is 11.8. The van der Waals surface area contributed by atoms with Crippen molar-refractivity contribution in [2.75, 3.05) is 27.3 Å². The Labute approximate surface area is 223 Å². The number of fused-ring (bicyclic) bond motifs is 1. The molecule has 9 nitrogen and oxygen atoms in total. The van der Waals surface area contributed by atoms with Gasteiger partial charge in [0.2, 0.25) is 21.8 Å². The first-order valence-corrected chi connectivity index (χ1v) is 13.9. The quantitative estimate of drug-likeness (QED) is 0.432. The molecule has 2 amide bonds. The molecule has 202 valence electrons. The zero-order chi connectivity index (χ0) is 27.3. The lowest BCUT2D eigenvalue weighted by atomic mass is 10.0. The van der Waals surface area contributed by atoms with Crippen molar-refractivity contribution in [1.29, 1.82) is 0 Å². The van der Waals surface area contributed by atoms with Crippen molar-refractivity contribution in [2.24, 2.45) is 0 Å². The zero-order valence-electron chi connectivity index (χ0n) is 21.8. The third-order valence-corrected chi connectivity index (χ3v) is 8.67. The van der Waals surface area contributed by atoms with E-state index in [4.69, 9.17) is 9.47 Å². The highest BCUT2D eigenvalue weighted by atomic mass is 32.2. The number of methoxy groups -OCH3 is 2. The predicted octanol–water partition coefficient (Wildman–Crippen LogP) is 2.87. The third kappa shape index (κ3) is 6.25. The molecule has 3 aromatic carbocycles. The molecule has 0 radical (unpaired) electrons. The van der Waals surface area contributed by atoms with Crippen LogP contribution in [0.5, 0.6) is 11.5 Å². The number of nitrogens with one attached hydrogen (secondary N) is 2. The van der Waals surface area contributed by atoms with E-state index in [1.807, 2.05) is 30.3 Å². The molecule has 1 fully saturated rings. The fourth-order valence-corrected chi connectivity index (χ4v) is 6.46. The van der Waals surface area contributed by atoms with Crippen LogP contribution >= 0.6 is 0 Å². The summed E-state index contributed by atoms with van der Waals surface area (Å²) >= 11 is 0. The summed E-state index contributed by atoms with van der Waals surface area (Å²) in [5, 5.41) is 7.29. The normalized spacial score (nSPS) is 15.6. The predicted molar refractivity (Wildman–Crippen MR) is 145 cm³/mol. The molecule has 0 aromatic heterocycles. The molecule has 1 heterocycles. The van der Waals surface area contributed by atoms with E-state index in [0.29, 0.717) is 29.7 Å². The largest absolute Gasteiger partial charge is 0.497 e. The van der Waals surface area contributed by atoms with Gasteiger partial charge in [-0.05, 0) is 42.0 Å². The maximum absolute atomic E-state index is 13.4. The van der Waals surface area contributed by atoms with E-state index in [1.165, 1.54) is 11.2 Å². The number of sulfonamides is 1. The van der Waals surface area contributed by atoms with Gasteiger partial charge in [0.15, 0.2) is 0 Å². The number of hydrogen-bond acceptors (Lipinski definition) is 6. The average molecular weight is 540 g/mol. The van der Waals surface area contributed by atoms with Gasteiger partial charge >= 0.3 is 0 Å². The molecule has 2 N–H and O–H groups in total. The second-order valence-electron chi connectivity index (χ2n) is 9.34. The van der Waals surface area contributed by atoms with Gasteiger partial charge in [0, 0.05) is 43.9 Å². The summed E-state index contributed by atoms with van der Waals surface area (Å²) in [4.78, 5) is 25.3. The van der Waals surface area contributed by atoms with Gasteiger partial charge < -0.3 is 20.1 Å². The summed E-state index contributed by atoms with van der Waals surface area (Å²) in [5.41, 5.74) is 0.770. The SMILES string of the molecule is COc1cc(C[C@@H](NC(C)=O)C(=O)NC2CCN(S(=O)(=O)c3cccc4ccccc34)CC2)cc(OC)c1. The number of benzene rings is 3. The van der Waals surface area contributed by atoms with Gasteiger partial charge in [-0.15, -0.1) is 0 Å². The van der Waals surface area contributed by atoms with Gasteiger partial charge in [0.25, 0.3) is 0 Å². The summed E-state index contributed by atoms with van der Waals surface area (Å²) in [5.74, 6) is 0.524. The highest BCUT2D eigenvalue weighted by Crippen LogP contribution is 2.28. The molecular weight excluding hydrogens is 506 g/mol. The zero-order valence-corrected chi connectivity index (χ0v) is 22.6. The van der Waals surface area contributed by atoms with E-state index in [-0.39, 0.29) is 42.3 Å². The molecule has 0 aliphatic carbocycles. The highest BCUT2D eigenvalue weighted by molar-refractivity contribution is 7.89. The molecule has 1 atom stereocenters. The fourth-order valence-electron chi connectivity index (χ4n) is 4.78. The molecule has 0 saturated carbocycles. The molecule has 10 heteroatoms. The maximum Gasteiger partial charge on any atom is 0.243 e. The molecule has 38 heavy (non-hydrogen) atoms. The summed E-state index contributed by atoms with van der Waals surface area (Å²) in [6, 6.07) is 17.0. The van der Waals surface area contributed by atoms with Crippen LogP contribution < -0.4 is 20.1 Å². The van der Waals surface area contributed by atoms with Crippen LogP contribution in [0.1, 0.15) is 25.3 Å². The first-order valence-electron chi connectivity index (χ1n) is 12.5. The topological polar surface area (TPSA) is 114 Å². The number of nitrogens with zero attached hydrogens (tertiary/aromatic N) is 1. The van der Waals surface area contributed by atoms with Crippen molar-refractivity contribution in [2.45, 2.75) is 43.2 Å². The van der Waals surface area contributed by atoms with E-state index < -0.39 is 16.1 Å². The summed E-state index contributed by atoms with van der Waals surface area (Å²) < 4.78 is 39.0. The molecule has 0 bridgehead atoms. The number of piperidine rings is 1. The first-order chi connectivity index (χ1) is 18.2. The van der Waals surface area contributed by atoms with Crippen LogP contribution in [0.25, 0.3) is 10.8 Å². The number of rotatable bonds is 9. The molecule has 0 unspecified atom stereocenters. The minimum Gasteiger partial charge on any atom is -0.497 e. The molecule has 3 aromatic rings. The van der Waals surface area contributed by atoms with Crippen molar-refractivity contribution >= 4 is 32.6 Å². The molecule has 1 aliphatic rings. The Hall–Kier alpha value is -3.63. The average Bonchev–Trinajstić information content (AvgIpc) is 2.92. The van der Waals surface area contributed by atoms with Gasteiger partial charge in [-0.25, -0.2) is 8.42 Å². The third-order valence-electron chi connectivity index (χ3n) is 6.71. The van der Waals surface area contributed by atoms with Gasteiger partial charge in [-0.3, -0.25) is 9.59 Å². The fraction of sp³-hybridized carbons (Fsp3) is 0.357. The van der Waals surface area contributed by atoms with Gasteiger partial charge in [0.1, 0.15) is 17.5 Å². The van der Waals surface area contributed by atoms with Crippen molar-refractivity contribution in [3.63, 3.8) is 0 Å². The van der Waals surface area contributed by atoms with Crippen LogP contribution in [-0.2, 0) is 26.0 Å². The van der Waals surface area contributed by atoms with Crippen LogP contribution in [-0.4, -0.2) is 63.9 Å². The minimum atomic E-state index is -3.69. The van der Waals surface area contributed by atoms with E-state index in [2.05, 4.69) is 10.6 Å². The van der Waals surface area contributed by atoms with Crippen molar-refractivity contribution in [1.82, 2.24) is 14.9 Å². The van der Waals surface area contributed by atoms with Gasteiger partial charge in [-0.1, -0.05) is 36.4 Å². The van der Waals surface area contributed by atoms with Crippen LogP contribution in [0.4, 0.5) is 0 Å². The van der Waals surface area contributed by atoms with Crippen LogP contribution in [0.3, 0.4) is 0 Å². The van der Waals surface area contributed by atoms with E-state index in [1.54, 1.807) is 44.6 Å². The lowest BCUT2D eigenvalue weighted by molar-refractivity contribution is -0.128. The van der Waals surface area contributed by atoms with Gasteiger partial charge in [0.05, 0.1) is 19.1 Å². The number of carbonyl (C=O) groups excluding carboxylic acids is 2. The molecule has 1 aliphatic heterocycles. The van der Waals surface area contributed by atoms with Crippen molar-refractivity contribution in [3.8, 4) is 11.5 Å². The molecule has 4 rings (SSSR count). The van der Waals surface area contributed by atoms with Crippen molar-refractivity contribution in [3.05, 3.63) is 66.2 Å². The Balaban J connectivity index is 1.42. The smallest absolute Gasteiger partial charge is 0.243 e. The molecular formula is C28H33N3O6S. The van der Waals surface area contributed by atoms with Crippen molar-refractivity contribution < 1.29 is 27.5 Å². The molecule has 1 saturated heterocycles. The number of ether oxygens (including phenoxy) is 2. The Morgan fingerprint density at radius 1 is 0.974 bits per heavy atom. The van der Waals surface area contributed by atoms with Crippen LogP contribution in [0.2, 0.25) is 0 Å². The minimum absolute atomic E-state index is 0.211. The monoisotopic (exact) mass is 539 g/mol. The van der Waals surface area contributed by atoms with Crippen LogP contribution in [0, 0.1) is 0 Å². The second-order valence-corrected chi connectivity index (χ2v) is 11.2. The standard InChI is InChI=1S/C28H33N3O6S/c1-19(32)29-26(17-20-15-23(36-2)18-24(16-20)37-3)28(33)30-22-11-13-31(14-12-22)38(34,35)27-10-6-8-21-7-4-5-9-25(21)27/h4-10,15-16,18,22,26H,11-14,17H2,1-3H3,(H,29,32)(H,30,33)/t26-/m1/s1.